The molecule has 0 fully saturated rings. The van der Waals surface area contributed by atoms with E-state index in [1.807, 2.05) is 0 Å². The minimum absolute atomic E-state index is 0.0281. The van der Waals surface area contributed by atoms with Gasteiger partial charge in [-0.25, -0.2) is 0 Å². The van der Waals surface area contributed by atoms with Gasteiger partial charge in [-0.1, -0.05) is 122 Å². The first-order valence-corrected chi connectivity index (χ1v) is 16.8. The minimum Gasteiger partial charge on any atom is -0.467 e. The minimum atomic E-state index is -0.131. The summed E-state index contributed by atoms with van der Waals surface area (Å²) in [7, 11) is 0. The maximum absolute atomic E-state index is 7.27. The zero-order chi connectivity index (χ0) is 31.4. The van der Waals surface area contributed by atoms with E-state index in [4.69, 9.17) is 4.42 Å². The topological polar surface area (TPSA) is 16.4 Å². The van der Waals surface area contributed by atoms with E-state index >= 15 is 0 Å². The highest BCUT2D eigenvalue weighted by Crippen LogP contribution is 2.48. The van der Waals surface area contributed by atoms with Gasteiger partial charge in [0.25, 0.3) is 6.71 Å². The van der Waals surface area contributed by atoms with Crippen molar-refractivity contribution in [2.45, 2.75) is 39.0 Å². The number of hydrogen-bond acceptors (Lipinski definition) is 2. The van der Waals surface area contributed by atoms with E-state index in [2.05, 4.69) is 153 Å². The molecule has 0 radical (unpaired) electrons. The number of benzene rings is 6. The first-order valence-electron chi connectivity index (χ1n) is 16.8. The SMILES string of the molecule is Cc1cc2c3c(c1)C(C)(C)c1cc4c(cc1B3c1oc3c(-c5ccccc5)cccc3c1N2c1ccc(-c2ccccc2)cc1)CC4. The van der Waals surface area contributed by atoms with Gasteiger partial charge in [-0.2, -0.15) is 0 Å². The normalized spacial score (nSPS) is 15.0. The summed E-state index contributed by atoms with van der Waals surface area (Å²) < 4.78 is 7.27. The van der Waals surface area contributed by atoms with E-state index in [1.165, 1.54) is 67.5 Å². The quantitative estimate of drug-likeness (QED) is 0.187. The van der Waals surface area contributed by atoms with Crippen molar-refractivity contribution in [1.29, 1.82) is 0 Å². The summed E-state index contributed by atoms with van der Waals surface area (Å²) in [4.78, 5) is 2.50. The Balaban J connectivity index is 1.29. The average molecular weight is 604 g/mol. The molecule has 6 aromatic carbocycles. The van der Waals surface area contributed by atoms with E-state index in [0.29, 0.717) is 0 Å². The maximum Gasteiger partial charge on any atom is 0.293 e. The van der Waals surface area contributed by atoms with Gasteiger partial charge in [0.1, 0.15) is 5.58 Å². The number of hydrogen-bond donors (Lipinski definition) is 0. The van der Waals surface area contributed by atoms with Crippen LogP contribution in [0.4, 0.5) is 17.1 Å². The smallest absolute Gasteiger partial charge is 0.293 e. The molecule has 7 aromatic rings. The Morgan fingerprint density at radius 1 is 0.660 bits per heavy atom. The van der Waals surface area contributed by atoms with Gasteiger partial charge in [0.05, 0.1) is 11.3 Å². The lowest BCUT2D eigenvalue weighted by Crippen LogP contribution is -2.64. The Hall–Kier alpha value is -5.28. The first kappa shape index (κ1) is 26.9. The number of furan rings is 1. The van der Waals surface area contributed by atoms with Crippen LogP contribution in [0.25, 0.3) is 33.2 Å². The van der Waals surface area contributed by atoms with E-state index in [9.17, 15) is 0 Å². The van der Waals surface area contributed by atoms with E-state index in [0.717, 1.165) is 40.0 Å². The number of aryl methyl sites for hydroxylation is 3. The second-order valence-electron chi connectivity index (χ2n) is 14.1. The van der Waals surface area contributed by atoms with Gasteiger partial charge in [-0.15, -0.1) is 0 Å². The summed E-state index contributed by atoms with van der Waals surface area (Å²) in [5.74, 6) is 0. The molecule has 3 heteroatoms. The van der Waals surface area contributed by atoms with Crippen LogP contribution in [0.15, 0.2) is 132 Å². The first-order chi connectivity index (χ1) is 23.0. The molecule has 0 saturated heterocycles. The number of anilines is 3. The second-order valence-corrected chi connectivity index (χ2v) is 14.1. The molecule has 0 unspecified atom stereocenters. The van der Waals surface area contributed by atoms with Crippen LogP contribution in [0.5, 0.6) is 0 Å². The lowest BCUT2D eigenvalue weighted by atomic mass is 9.31. The molecule has 3 aliphatic rings. The molecule has 224 valence electrons. The van der Waals surface area contributed by atoms with Crippen molar-refractivity contribution in [3.8, 4) is 22.3 Å². The van der Waals surface area contributed by atoms with Gasteiger partial charge in [-0.05, 0) is 94.0 Å². The predicted molar refractivity (Wildman–Crippen MR) is 197 cm³/mol. The van der Waals surface area contributed by atoms with Crippen molar-refractivity contribution < 1.29 is 4.42 Å². The fourth-order valence-electron chi connectivity index (χ4n) is 8.62. The van der Waals surface area contributed by atoms with Crippen molar-refractivity contribution in [3.05, 3.63) is 155 Å². The van der Waals surface area contributed by atoms with Crippen LogP contribution >= 0.6 is 0 Å². The third-order valence-corrected chi connectivity index (χ3v) is 11.0. The molecule has 2 nitrogen and oxygen atoms in total. The van der Waals surface area contributed by atoms with E-state index in [-0.39, 0.29) is 12.1 Å². The molecule has 1 aliphatic carbocycles. The summed E-state index contributed by atoms with van der Waals surface area (Å²) >= 11 is 0. The molecule has 1 aromatic heterocycles. The zero-order valence-corrected chi connectivity index (χ0v) is 27.0. The number of para-hydroxylation sites is 1. The fraction of sp³-hybridized carbons (Fsp3) is 0.136. The van der Waals surface area contributed by atoms with Crippen molar-refractivity contribution >= 4 is 51.3 Å². The third kappa shape index (κ3) is 3.74. The highest BCUT2D eigenvalue weighted by molar-refractivity contribution is 6.98. The Labute approximate surface area is 276 Å². The largest absolute Gasteiger partial charge is 0.467 e. The van der Waals surface area contributed by atoms with Gasteiger partial charge in [0, 0.05) is 27.7 Å². The van der Waals surface area contributed by atoms with Crippen LogP contribution < -0.4 is 21.5 Å². The highest BCUT2D eigenvalue weighted by Gasteiger charge is 2.49. The molecule has 0 bridgehead atoms. The summed E-state index contributed by atoms with van der Waals surface area (Å²) in [6, 6.07) is 46.9. The standard InChI is InChI=1S/C44H34BNO/c1-27-23-37-40-39(24-27)46(33-21-19-29(20-22-33)28-11-6-4-7-12-28)41-35-16-10-15-34(30-13-8-5-9-14-30)42(35)47-43(41)45(40)38-26-32-18-17-31(32)25-36(38)44(37,2)3/h4-16,19-26H,17-18H2,1-3H3. The van der Waals surface area contributed by atoms with Gasteiger partial charge < -0.3 is 9.32 Å². The molecule has 0 atom stereocenters. The van der Waals surface area contributed by atoms with Crippen molar-refractivity contribution in [1.82, 2.24) is 0 Å². The lowest BCUT2D eigenvalue weighted by Gasteiger charge is -2.45. The lowest BCUT2D eigenvalue weighted by molar-refractivity contribution is 0.635. The molecule has 10 rings (SSSR count). The Morgan fingerprint density at radius 2 is 1.34 bits per heavy atom. The van der Waals surface area contributed by atoms with Crippen molar-refractivity contribution in [2.24, 2.45) is 0 Å². The zero-order valence-electron chi connectivity index (χ0n) is 27.0. The number of fused-ring (bicyclic) bond motifs is 7. The molecule has 0 amide bonds. The predicted octanol–water partition coefficient (Wildman–Crippen LogP) is 9.11. The molecule has 0 saturated carbocycles. The Kier molecular flexibility index (Phi) is 5.51. The summed E-state index contributed by atoms with van der Waals surface area (Å²) in [6.45, 7) is 7.12. The molecule has 47 heavy (non-hydrogen) atoms. The highest BCUT2D eigenvalue weighted by atomic mass is 16.3. The van der Waals surface area contributed by atoms with E-state index < -0.39 is 0 Å². The van der Waals surface area contributed by atoms with Gasteiger partial charge in [-0.3, -0.25) is 0 Å². The summed E-state index contributed by atoms with van der Waals surface area (Å²) in [5, 5.41) is 1.15. The van der Waals surface area contributed by atoms with Gasteiger partial charge in [0.15, 0.2) is 0 Å². The van der Waals surface area contributed by atoms with Crippen LogP contribution in [0.1, 0.15) is 41.7 Å². The van der Waals surface area contributed by atoms with Gasteiger partial charge in [0.2, 0.25) is 0 Å². The Morgan fingerprint density at radius 3 is 2.06 bits per heavy atom. The van der Waals surface area contributed by atoms with Gasteiger partial charge >= 0.3 is 0 Å². The molecule has 0 spiro atoms. The molecular weight excluding hydrogens is 569 g/mol. The molecular formula is C44H34BNO. The molecule has 0 N–H and O–H groups in total. The third-order valence-electron chi connectivity index (χ3n) is 11.0. The van der Waals surface area contributed by atoms with Crippen LogP contribution in [0.2, 0.25) is 0 Å². The van der Waals surface area contributed by atoms with Crippen LogP contribution in [-0.4, -0.2) is 6.71 Å². The van der Waals surface area contributed by atoms with E-state index in [1.54, 1.807) is 0 Å². The van der Waals surface area contributed by atoms with Crippen molar-refractivity contribution in [2.75, 3.05) is 4.90 Å². The van der Waals surface area contributed by atoms with Crippen LogP contribution in [0, 0.1) is 6.92 Å². The number of rotatable bonds is 3. The average Bonchev–Trinajstić information content (AvgIpc) is 3.47. The number of nitrogens with zero attached hydrogens (tertiary/aromatic N) is 1. The summed E-state index contributed by atoms with van der Waals surface area (Å²) in [6.07, 6.45) is 2.34. The monoisotopic (exact) mass is 603 g/mol. The molecule has 2 aliphatic heterocycles. The fourth-order valence-corrected chi connectivity index (χ4v) is 8.62. The molecule has 3 heterocycles. The maximum atomic E-state index is 7.27. The van der Waals surface area contributed by atoms with Crippen LogP contribution in [0.3, 0.4) is 0 Å². The summed E-state index contributed by atoms with van der Waals surface area (Å²) in [5.41, 5.74) is 20.1. The van der Waals surface area contributed by atoms with Crippen molar-refractivity contribution in [3.63, 3.8) is 0 Å². The van der Waals surface area contributed by atoms with Crippen LogP contribution in [-0.2, 0) is 18.3 Å². The Bertz CT molecular complexity index is 2390. The second kappa shape index (κ2) is 9.62.